The zero-order valence-electron chi connectivity index (χ0n) is 11.7. The number of amides is 2. The van der Waals surface area contributed by atoms with E-state index in [9.17, 15) is 4.79 Å². The zero-order valence-corrected chi connectivity index (χ0v) is 12.5. The van der Waals surface area contributed by atoms with Crippen LogP contribution in [-0.4, -0.2) is 36.1 Å². The average molecular weight is 281 g/mol. The van der Waals surface area contributed by atoms with Crippen molar-refractivity contribution in [3.8, 4) is 0 Å². The van der Waals surface area contributed by atoms with E-state index in [-0.39, 0.29) is 6.03 Å². The molecule has 1 aliphatic rings. The van der Waals surface area contributed by atoms with E-state index >= 15 is 0 Å². The molecule has 2 rings (SSSR count). The van der Waals surface area contributed by atoms with Crippen LogP contribution in [0.5, 0.6) is 0 Å². The van der Waals surface area contributed by atoms with Gasteiger partial charge in [-0.15, -0.1) is 11.3 Å². The maximum Gasteiger partial charge on any atom is 0.314 e. The monoisotopic (exact) mass is 281 g/mol. The van der Waals surface area contributed by atoms with Crippen molar-refractivity contribution in [2.75, 3.05) is 13.1 Å². The fraction of sp³-hybridized carbons (Fsp3) is 0.643. The van der Waals surface area contributed by atoms with Gasteiger partial charge in [-0.05, 0) is 45.2 Å². The number of rotatable bonds is 4. The van der Waals surface area contributed by atoms with Gasteiger partial charge in [-0.1, -0.05) is 0 Å². The van der Waals surface area contributed by atoms with Crippen LogP contribution in [0, 0.1) is 6.92 Å². The average Bonchev–Trinajstić information content (AvgIpc) is 2.75. The number of primary amides is 1. The van der Waals surface area contributed by atoms with Crippen LogP contribution in [0.4, 0.5) is 4.79 Å². The first-order valence-electron chi connectivity index (χ1n) is 6.90. The van der Waals surface area contributed by atoms with Crippen LogP contribution in [0.1, 0.15) is 29.5 Å². The Morgan fingerprint density at radius 2 is 2.21 bits per heavy atom. The van der Waals surface area contributed by atoms with Gasteiger partial charge in [0.2, 0.25) is 0 Å². The van der Waals surface area contributed by atoms with E-state index < -0.39 is 0 Å². The second-order valence-electron chi connectivity index (χ2n) is 5.38. The van der Waals surface area contributed by atoms with Crippen molar-refractivity contribution in [1.29, 1.82) is 0 Å². The van der Waals surface area contributed by atoms with Crippen molar-refractivity contribution in [2.45, 2.75) is 45.2 Å². The molecule has 4 nitrogen and oxygen atoms in total. The van der Waals surface area contributed by atoms with Gasteiger partial charge >= 0.3 is 6.03 Å². The number of hydrogen-bond donors (Lipinski definition) is 2. The van der Waals surface area contributed by atoms with Gasteiger partial charge in [-0.3, -0.25) is 0 Å². The Labute approximate surface area is 119 Å². The molecule has 0 saturated carbocycles. The summed E-state index contributed by atoms with van der Waals surface area (Å²) in [6, 6.07) is 5.08. The van der Waals surface area contributed by atoms with Crippen LogP contribution in [0.25, 0.3) is 0 Å². The third kappa shape index (κ3) is 4.21. The van der Waals surface area contributed by atoms with Gasteiger partial charge in [-0.2, -0.15) is 0 Å². The molecule has 0 spiro atoms. The molecule has 3 N–H and O–H groups in total. The predicted molar refractivity (Wildman–Crippen MR) is 79.5 cm³/mol. The molecule has 1 atom stereocenters. The Balaban J connectivity index is 1.74. The number of piperidine rings is 1. The summed E-state index contributed by atoms with van der Waals surface area (Å²) in [5.74, 6) is 0. The molecule has 106 valence electrons. The molecule has 1 saturated heterocycles. The Hall–Kier alpha value is -1.07. The molecule has 1 aromatic rings. The summed E-state index contributed by atoms with van der Waals surface area (Å²) in [6.45, 7) is 5.93. The summed E-state index contributed by atoms with van der Waals surface area (Å²) in [5.41, 5.74) is 5.29. The van der Waals surface area contributed by atoms with Gasteiger partial charge in [0.15, 0.2) is 0 Å². The molecule has 0 radical (unpaired) electrons. The summed E-state index contributed by atoms with van der Waals surface area (Å²) >= 11 is 1.87. The molecule has 1 aromatic heterocycles. The number of nitrogens with zero attached hydrogens (tertiary/aromatic N) is 1. The molecule has 5 heteroatoms. The molecule has 0 aliphatic carbocycles. The lowest BCUT2D eigenvalue weighted by molar-refractivity contribution is 0.183. The molecule has 1 aliphatic heterocycles. The van der Waals surface area contributed by atoms with Crippen molar-refractivity contribution in [3.63, 3.8) is 0 Å². The van der Waals surface area contributed by atoms with Crippen LogP contribution in [0.2, 0.25) is 0 Å². The molecular weight excluding hydrogens is 258 g/mol. The smallest absolute Gasteiger partial charge is 0.314 e. The first-order chi connectivity index (χ1) is 9.04. The SMILES string of the molecule is Cc1ccc(CC(C)NC2CCN(C(N)=O)CC2)s1. The van der Waals surface area contributed by atoms with Crippen LogP contribution < -0.4 is 11.1 Å². The maximum absolute atomic E-state index is 11.1. The fourth-order valence-electron chi connectivity index (χ4n) is 2.62. The highest BCUT2D eigenvalue weighted by Gasteiger charge is 2.22. The van der Waals surface area contributed by atoms with Crippen molar-refractivity contribution in [3.05, 3.63) is 21.9 Å². The lowest BCUT2D eigenvalue weighted by Crippen LogP contribution is -2.48. The molecular formula is C14H23N3OS. The molecule has 1 fully saturated rings. The maximum atomic E-state index is 11.1. The highest BCUT2D eigenvalue weighted by Crippen LogP contribution is 2.18. The van der Waals surface area contributed by atoms with E-state index in [1.54, 1.807) is 4.90 Å². The van der Waals surface area contributed by atoms with Gasteiger partial charge in [-0.25, -0.2) is 4.79 Å². The van der Waals surface area contributed by atoms with Gasteiger partial charge in [0.05, 0.1) is 0 Å². The van der Waals surface area contributed by atoms with E-state index in [0.29, 0.717) is 12.1 Å². The minimum Gasteiger partial charge on any atom is -0.351 e. The van der Waals surface area contributed by atoms with Gasteiger partial charge in [0, 0.05) is 34.9 Å². The highest BCUT2D eigenvalue weighted by atomic mass is 32.1. The number of urea groups is 1. The van der Waals surface area contributed by atoms with Crippen molar-refractivity contribution < 1.29 is 4.79 Å². The fourth-order valence-corrected chi connectivity index (χ4v) is 3.64. The first-order valence-corrected chi connectivity index (χ1v) is 7.72. The van der Waals surface area contributed by atoms with Crippen LogP contribution in [0.15, 0.2) is 12.1 Å². The molecule has 2 heterocycles. The third-order valence-electron chi connectivity index (χ3n) is 3.63. The first kappa shape index (κ1) is 14.3. The Morgan fingerprint density at radius 3 is 2.74 bits per heavy atom. The molecule has 0 bridgehead atoms. The summed E-state index contributed by atoms with van der Waals surface area (Å²) in [5, 5.41) is 3.66. The number of thiophene rings is 1. The highest BCUT2D eigenvalue weighted by molar-refractivity contribution is 7.11. The Kier molecular flexibility index (Phi) is 4.82. The lowest BCUT2D eigenvalue weighted by atomic mass is 10.0. The zero-order chi connectivity index (χ0) is 13.8. The molecule has 1 unspecified atom stereocenters. The number of aryl methyl sites for hydroxylation is 1. The number of carbonyl (C=O) groups is 1. The normalized spacial score (nSPS) is 18.5. The van der Waals surface area contributed by atoms with Crippen molar-refractivity contribution in [1.82, 2.24) is 10.2 Å². The third-order valence-corrected chi connectivity index (χ3v) is 4.65. The summed E-state index contributed by atoms with van der Waals surface area (Å²) in [7, 11) is 0. The number of nitrogens with two attached hydrogens (primary N) is 1. The number of nitrogens with one attached hydrogen (secondary N) is 1. The number of likely N-dealkylation sites (tertiary alicyclic amines) is 1. The molecule has 2 amide bonds. The van der Waals surface area contributed by atoms with Crippen molar-refractivity contribution >= 4 is 17.4 Å². The second-order valence-corrected chi connectivity index (χ2v) is 6.76. The van der Waals surface area contributed by atoms with E-state index in [4.69, 9.17) is 5.73 Å². The summed E-state index contributed by atoms with van der Waals surface area (Å²) in [4.78, 5) is 15.6. The van der Waals surface area contributed by atoms with Gasteiger partial charge in [0.1, 0.15) is 0 Å². The Bertz CT molecular complexity index is 424. The number of carbonyl (C=O) groups excluding carboxylic acids is 1. The lowest BCUT2D eigenvalue weighted by Gasteiger charge is -2.32. The second kappa shape index (κ2) is 6.39. The molecule has 19 heavy (non-hydrogen) atoms. The minimum absolute atomic E-state index is 0.291. The van der Waals surface area contributed by atoms with E-state index in [1.165, 1.54) is 9.75 Å². The summed E-state index contributed by atoms with van der Waals surface area (Å²) in [6.07, 6.45) is 3.07. The van der Waals surface area contributed by atoms with E-state index in [0.717, 1.165) is 32.4 Å². The molecule has 0 aromatic carbocycles. The minimum atomic E-state index is -0.291. The van der Waals surface area contributed by atoms with Crippen LogP contribution in [-0.2, 0) is 6.42 Å². The van der Waals surface area contributed by atoms with Crippen LogP contribution in [0.3, 0.4) is 0 Å². The van der Waals surface area contributed by atoms with Crippen molar-refractivity contribution in [2.24, 2.45) is 5.73 Å². The summed E-state index contributed by atoms with van der Waals surface area (Å²) < 4.78 is 0. The van der Waals surface area contributed by atoms with E-state index in [2.05, 4.69) is 31.3 Å². The number of hydrogen-bond acceptors (Lipinski definition) is 3. The van der Waals surface area contributed by atoms with Gasteiger partial charge in [0.25, 0.3) is 0 Å². The standard InChI is InChI=1S/C14H23N3OS/c1-10(9-13-4-3-11(2)19-13)16-12-5-7-17(8-6-12)14(15)18/h3-4,10,12,16H,5-9H2,1-2H3,(H2,15,18). The van der Waals surface area contributed by atoms with Gasteiger partial charge < -0.3 is 16.0 Å². The predicted octanol–water partition coefficient (Wildman–Crippen LogP) is 2.12. The topological polar surface area (TPSA) is 58.4 Å². The Morgan fingerprint density at radius 1 is 1.53 bits per heavy atom. The quantitative estimate of drug-likeness (QED) is 0.888. The van der Waals surface area contributed by atoms with E-state index in [1.807, 2.05) is 11.3 Å². The van der Waals surface area contributed by atoms with Crippen LogP contribution >= 0.6 is 11.3 Å². The largest absolute Gasteiger partial charge is 0.351 e.